The van der Waals surface area contributed by atoms with Gasteiger partial charge in [-0.3, -0.25) is 0 Å². The molecule has 1 saturated heterocycles. The molecule has 1 aromatic carbocycles. The van der Waals surface area contributed by atoms with Gasteiger partial charge in [0.1, 0.15) is 0 Å². The molecule has 2 rings (SSSR count). The van der Waals surface area contributed by atoms with Crippen LogP contribution in [0.5, 0.6) is 0 Å². The molecule has 0 saturated carbocycles. The van der Waals surface area contributed by atoms with Crippen molar-refractivity contribution in [2.75, 3.05) is 18.0 Å². The smallest absolute Gasteiger partial charge is 0.0399 e. The highest BCUT2D eigenvalue weighted by atomic mass is 15.2. The highest BCUT2D eigenvalue weighted by Gasteiger charge is 2.26. The zero-order valence-corrected chi connectivity index (χ0v) is 12.6. The van der Waals surface area contributed by atoms with E-state index in [-0.39, 0.29) is 6.04 Å². The van der Waals surface area contributed by atoms with Crippen LogP contribution in [-0.4, -0.2) is 19.1 Å². The van der Waals surface area contributed by atoms with Gasteiger partial charge in [-0.1, -0.05) is 39.0 Å². The second-order valence-corrected chi connectivity index (χ2v) is 6.24. The second-order valence-electron chi connectivity index (χ2n) is 6.24. The molecule has 0 aliphatic carbocycles. The van der Waals surface area contributed by atoms with E-state index in [0.29, 0.717) is 0 Å². The monoisotopic (exact) mass is 260 g/mol. The summed E-state index contributed by atoms with van der Waals surface area (Å²) in [6, 6.07) is 9.08. The first-order chi connectivity index (χ1) is 9.11. The van der Waals surface area contributed by atoms with Gasteiger partial charge in [0, 0.05) is 24.8 Å². The number of nitrogens with two attached hydrogens (primary N) is 1. The van der Waals surface area contributed by atoms with E-state index in [0.717, 1.165) is 24.7 Å². The number of para-hydroxylation sites is 1. The van der Waals surface area contributed by atoms with Gasteiger partial charge in [-0.2, -0.15) is 0 Å². The van der Waals surface area contributed by atoms with Crippen LogP contribution in [0, 0.1) is 11.8 Å². The van der Waals surface area contributed by atoms with Crippen LogP contribution in [0.15, 0.2) is 24.3 Å². The molecule has 1 aliphatic rings. The Morgan fingerprint density at radius 2 is 2.05 bits per heavy atom. The Labute approximate surface area is 118 Å². The van der Waals surface area contributed by atoms with E-state index < -0.39 is 0 Å². The number of nitrogens with zero attached hydrogens (tertiary/aromatic N) is 1. The van der Waals surface area contributed by atoms with Gasteiger partial charge in [-0.05, 0) is 42.7 Å². The average Bonchev–Trinajstić information content (AvgIpc) is 2.89. The number of rotatable bonds is 5. The van der Waals surface area contributed by atoms with Gasteiger partial charge in [0.05, 0.1) is 0 Å². The van der Waals surface area contributed by atoms with Gasteiger partial charge in [0.25, 0.3) is 0 Å². The summed E-state index contributed by atoms with van der Waals surface area (Å²) >= 11 is 0. The van der Waals surface area contributed by atoms with Gasteiger partial charge in [-0.15, -0.1) is 0 Å². The Balaban J connectivity index is 2.12. The minimum atomic E-state index is 0.282. The molecule has 2 atom stereocenters. The SMILES string of the molecule is CCC(N)Cc1ccccc1N1CCC(C(C)C)C1. The van der Waals surface area contributed by atoms with Crippen LogP contribution in [0.3, 0.4) is 0 Å². The third-order valence-corrected chi connectivity index (χ3v) is 4.51. The van der Waals surface area contributed by atoms with E-state index in [9.17, 15) is 0 Å². The van der Waals surface area contributed by atoms with Crippen LogP contribution in [0.1, 0.15) is 39.2 Å². The number of benzene rings is 1. The van der Waals surface area contributed by atoms with Crippen molar-refractivity contribution in [2.24, 2.45) is 17.6 Å². The lowest BCUT2D eigenvalue weighted by Gasteiger charge is -2.24. The molecular formula is C17H28N2. The fourth-order valence-electron chi connectivity index (χ4n) is 2.97. The fourth-order valence-corrected chi connectivity index (χ4v) is 2.97. The molecule has 0 spiro atoms. The molecule has 2 unspecified atom stereocenters. The summed E-state index contributed by atoms with van der Waals surface area (Å²) in [4.78, 5) is 2.56. The predicted molar refractivity (Wildman–Crippen MR) is 83.6 cm³/mol. The zero-order valence-electron chi connectivity index (χ0n) is 12.6. The topological polar surface area (TPSA) is 29.3 Å². The van der Waals surface area contributed by atoms with E-state index in [4.69, 9.17) is 5.73 Å². The molecule has 106 valence electrons. The Kier molecular flexibility index (Phi) is 4.87. The van der Waals surface area contributed by atoms with Crippen LogP contribution in [-0.2, 0) is 6.42 Å². The van der Waals surface area contributed by atoms with Crippen LogP contribution < -0.4 is 10.6 Å². The van der Waals surface area contributed by atoms with E-state index >= 15 is 0 Å². The molecule has 0 aromatic heterocycles. The molecule has 2 heteroatoms. The Bertz CT molecular complexity index is 400. The molecule has 0 radical (unpaired) electrons. The largest absolute Gasteiger partial charge is 0.371 e. The Hall–Kier alpha value is -1.02. The summed E-state index contributed by atoms with van der Waals surface area (Å²) in [7, 11) is 0. The van der Waals surface area contributed by atoms with E-state index in [1.165, 1.54) is 30.8 Å². The Morgan fingerprint density at radius 3 is 2.68 bits per heavy atom. The molecule has 1 aromatic rings. The van der Waals surface area contributed by atoms with Crippen LogP contribution >= 0.6 is 0 Å². The lowest BCUT2D eigenvalue weighted by Crippen LogP contribution is -2.26. The van der Waals surface area contributed by atoms with Crippen molar-refractivity contribution < 1.29 is 0 Å². The molecule has 1 aliphatic heterocycles. The highest BCUT2D eigenvalue weighted by molar-refractivity contribution is 5.54. The molecule has 1 heterocycles. The maximum Gasteiger partial charge on any atom is 0.0399 e. The summed E-state index contributed by atoms with van der Waals surface area (Å²) < 4.78 is 0. The van der Waals surface area contributed by atoms with E-state index in [1.54, 1.807) is 0 Å². The first kappa shape index (κ1) is 14.4. The molecule has 2 nitrogen and oxygen atoms in total. The fraction of sp³-hybridized carbons (Fsp3) is 0.647. The summed E-state index contributed by atoms with van der Waals surface area (Å²) in [6.45, 7) is 9.25. The van der Waals surface area contributed by atoms with Crippen LogP contribution in [0.25, 0.3) is 0 Å². The van der Waals surface area contributed by atoms with Crippen molar-refractivity contribution in [2.45, 2.75) is 46.1 Å². The maximum atomic E-state index is 6.13. The number of hydrogen-bond acceptors (Lipinski definition) is 2. The molecule has 19 heavy (non-hydrogen) atoms. The van der Waals surface area contributed by atoms with Gasteiger partial charge in [-0.25, -0.2) is 0 Å². The van der Waals surface area contributed by atoms with Crippen LogP contribution in [0.2, 0.25) is 0 Å². The van der Waals surface area contributed by atoms with E-state index in [1.807, 2.05) is 0 Å². The molecule has 1 fully saturated rings. The lowest BCUT2D eigenvalue weighted by molar-refractivity contribution is 0.422. The summed E-state index contributed by atoms with van der Waals surface area (Å²) in [5.41, 5.74) is 8.96. The molecular weight excluding hydrogens is 232 g/mol. The second kappa shape index (κ2) is 6.42. The number of anilines is 1. The van der Waals surface area contributed by atoms with Crippen molar-refractivity contribution in [3.8, 4) is 0 Å². The zero-order chi connectivity index (χ0) is 13.8. The Morgan fingerprint density at radius 1 is 1.32 bits per heavy atom. The molecule has 2 N–H and O–H groups in total. The minimum absolute atomic E-state index is 0.282. The average molecular weight is 260 g/mol. The van der Waals surface area contributed by atoms with Crippen molar-refractivity contribution in [3.05, 3.63) is 29.8 Å². The van der Waals surface area contributed by atoms with Crippen LogP contribution in [0.4, 0.5) is 5.69 Å². The van der Waals surface area contributed by atoms with E-state index in [2.05, 4.69) is 49.9 Å². The minimum Gasteiger partial charge on any atom is -0.371 e. The lowest BCUT2D eigenvalue weighted by atomic mass is 9.95. The van der Waals surface area contributed by atoms with Crippen molar-refractivity contribution in [1.82, 2.24) is 0 Å². The summed E-state index contributed by atoms with van der Waals surface area (Å²) in [6.07, 6.45) is 3.37. The van der Waals surface area contributed by atoms with Gasteiger partial charge in [0.2, 0.25) is 0 Å². The van der Waals surface area contributed by atoms with Crippen molar-refractivity contribution in [1.29, 1.82) is 0 Å². The first-order valence-corrected chi connectivity index (χ1v) is 7.70. The first-order valence-electron chi connectivity index (χ1n) is 7.70. The quantitative estimate of drug-likeness (QED) is 0.878. The van der Waals surface area contributed by atoms with Gasteiger partial charge < -0.3 is 10.6 Å². The third kappa shape index (κ3) is 3.50. The van der Waals surface area contributed by atoms with Gasteiger partial charge in [0.15, 0.2) is 0 Å². The molecule has 0 amide bonds. The summed E-state index contributed by atoms with van der Waals surface area (Å²) in [5.74, 6) is 1.63. The predicted octanol–water partition coefficient (Wildman–Crippen LogP) is 3.45. The van der Waals surface area contributed by atoms with Crippen molar-refractivity contribution >= 4 is 5.69 Å². The summed E-state index contributed by atoms with van der Waals surface area (Å²) in [5, 5.41) is 0. The van der Waals surface area contributed by atoms with Gasteiger partial charge >= 0.3 is 0 Å². The maximum absolute atomic E-state index is 6.13. The van der Waals surface area contributed by atoms with Crippen molar-refractivity contribution in [3.63, 3.8) is 0 Å². The normalized spacial score (nSPS) is 21.1. The third-order valence-electron chi connectivity index (χ3n) is 4.51. The highest BCUT2D eigenvalue weighted by Crippen LogP contribution is 2.30. The number of hydrogen-bond donors (Lipinski definition) is 1. The molecule has 0 bridgehead atoms. The standard InChI is InChI=1S/C17H28N2/c1-4-16(18)11-14-7-5-6-8-17(14)19-10-9-15(12-19)13(2)3/h5-8,13,15-16H,4,9-12,18H2,1-3H3.